The summed E-state index contributed by atoms with van der Waals surface area (Å²) in [5.74, 6) is 0.345. The molecule has 1 fully saturated rings. The highest BCUT2D eigenvalue weighted by molar-refractivity contribution is 5.55. The number of nitrogens with two attached hydrogens (primary N) is 1. The highest BCUT2D eigenvalue weighted by Crippen LogP contribution is 2.24. The van der Waals surface area contributed by atoms with Crippen LogP contribution in [0.4, 0.5) is 5.69 Å². The van der Waals surface area contributed by atoms with Gasteiger partial charge in [0, 0.05) is 31.9 Å². The van der Waals surface area contributed by atoms with Crippen molar-refractivity contribution < 1.29 is 5.11 Å². The first kappa shape index (κ1) is 13.2. The Bertz CT molecular complexity index is 387. The first-order valence-corrected chi connectivity index (χ1v) is 6.67. The number of piperazine rings is 1. The first-order chi connectivity index (χ1) is 8.70. The van der Waals surface area contributed by atoms with Crippen molar-refractivity contribution in [2.24, 2.45) is 5.73 Å². The minimum atomic E-state index is 0.345. The molecule has 0 radical (unpaired) electrons. The Balaban J connectivity index is 1.93. The van der Waals surface area contributed by atoms with E-state index in [1.165, 1.54) is 5.69 Å². The Hall–Kier alpha value is -1.26. The summed E-state index contributed by atoms with van der Waals surface area (Å²) in [6.45, 7) is 8.24. The molecule has 1 aliphatic heterocycles. The Labute approximate surface area is 109 Å². The molecule has 1 aromatic carbocycles. The summed E-state index contributed by atoms with van der Waals surface area (Å²) in [5, 5.41) is 9.44. The van der Waals surface area contributed by atoms with Gasteiger partial charge in [0.2, 0.25) is 0 Å². The minimum Gasteiger partial charge on any atom is -0.508 e. The maximum Gasteiger partial charge on any atom is 0.115 e. The molecule has 3 N–H and O–H groups in total. The zero-order chi connectivity index (χ0) is 13.0. The molecule has 0 aliphatic carbocycles. The SMILES string of the molecule is Cc1cc(O)ccc1N1CCN(CCCN)CC1. The summed E-state index contributed by atoms with van der Waals surface area (Å²) < 4.78 is 0. The maximum atomic E-state index is 9.44. The molecular weight excluding hydrogens is 226 g/mol. The van der Waals surface area contributed by atoms with Gasteiger partial charge in [-0.3, -0.25) is 4.90 Å². The van der Waals surface area contributed by atoms with Gasteiger partial charge in [-0.1, -0.05) is 0 Å². The number of benzene rings is 1. The van der Waals surface area contributed by atoms with Crippen molar-refractivity contribution in [1.29, 1.82) is 0 Å². The van der Waals surface area contributed by atoms with E-state index in [4.69, 9.17) is 5.73 Å². The Morgan fingerprint density at radius 3 is 2.56 bits per heavy atom. The monoisotopic (exact) mass is 249 g/mol. The predicted octanol–water partition coefficient (Wildman–Crippen LogP) is 1.17. The van der Waals surface area contributed by atoms with Crippen LogP contribution in [0.2, 0.25) is 0 Å². The minimum absolute atomic E-state index is 0.345. The second-order valence-corrected chi connectivity index (χ2v) is 4.94. The molecule has 0 amide bonds. The summed E-state index contributed by atoms with van der Waals surface area (Å²) in [6, 6.07) is 5.61. The zero-order valence-corrected chi connectivity index (χ0v) is 11.1. The summed E-state index contributed by atoms with van der Waals surface area (Å²) in [5.41, 5.74) is 7.92. The van der Waals surface area contributed by atoms with Crippen LogP contribution in [0.1, 0.15) is 12.0 Å². The summed E-state index contributed by atoms with van der Waals surface area (Å²) in [6.07, 6.45) is 1.08. The fourth-order valence-corrected chi connectivity index (χ4v) is 2.52. The molecule has 4 heteroatoms. The van der Waals surface area contributed by atoms with Gasteiger partial charge in [-0.2, -0.15) is 0 Å². The maximum absolute atomic E-state index is 9.44. The van der Waals surface area contributed by atoms with E-state index in [0.29, 0.717) is 5.75 Å². The van der Waals surface area contributed by atoms with Crippen LogP contribution >= 0.6 is 0 Å². The van der Waals surface area contributed by atoms with Gasteiger partial charge < -0.3 is 15.7 Å². The number of hydrogen-bond donors (Lipinski definition) is 2. The molecular formula is C14H23N3O. The molecule has 0 aromatic heterocycles. The molecule has 0 unspecified atom stereocenters. The normalized spacial score (nSPS) is 17.1. The van der Waals surface area contributed by atoms with Crippen LogP contribution in [-0.4, -0.2) is 49.3 Å². The second kappa shape index (κ2) is 6.07. The van der Waals surface area contributed by atoms with Crippen molar-refractivity contribution in [1.82, 2.24) is 4.90 Å². The lowest BCUT2D eigenvalue weighted by molar-refractivity contribution is 0.256. The molecule has 1 aromatic rings. The van der Waals surface area contributed by atoms with Crippen molar-refractivity contribution in [2.75, 3.05) is 44.2 Å². The molecule has 0 spiro atoms. The van der Waals surface area contributed by atoms with E-state index in [1.807, 2.05) is 12.1 Å². The molecule has 18 heavy (non-hydrogen) atoms. The van der Waals surface area contributed by atoms with Gasteiger partial charge in [0.25, 0.3) is 0 Å². The summed E-state index contributed by atoms with van der Waals surface area (Å²) >= 11 is 0. The predicted molar refractivity (Wildman–Crippen MR) is 75.2 cm³/mol. The lowest BCUT2D eigenvalue weighted by Gasteiger charge is -2.36. The van der Waals surface area contributed by atoms with E-state index in [9.17, 15) is 5.11 Å². The van der Waals surface area contributed by atoms with Crippen molar-refractivity contribution in [3.8, 4) is 5.75 Å². The van der Waals surface area contributed by atoms with E-state index in [1.54, 1.807) is 6.07 Å². The summed E-state index contributed by atoms with van der Waals surface area (Å²) in [4.78, 5) is 4.87. The number of rotatable bonds is 4. The Kier molecular flexibility index (Phi) is 4.44. The van der Waals surface area contributed by atoms with Crippen LogP contribution in [0.25, 0.3) is 0 Å². The van der Waals surface area contributed by atoms with Crippen molar-refractivity contribution in [2.45, 2.75) is 13.3 Å². The third-order valence-corrected chi connectivity index (χ3v) is 3.57. The quantitative estimate of drug-likeness (QED) is 0.841. The largest absolute Gasteiger partial charge is 0.508 e. The number of anilines is 1. The van der Waals surface area contributed by atoms with Gasteiger partial charge in [-0.05, 0) is 50.2 Å². The zero-order valence-electron chi connectivity index (χ0n) is 11.1. The topological polar surface area (TPSA) is 52.7 Å². The average Bonchev–Trinajstić information content (AvgIpc) is 2.37. The standard InChI is InChI=1S/C14H23N3O/c1-12-11-13(18)3-4-14(12)17-9-7-16(8-10-17)6-2-5-15/h3-4,11,18H,2,5-10,15H2,1H3. The van der Waals surface area contributed by atoms with Crippen molar-refractivity contribution in [3.63, 3.8) is 0 Å². The number of aryl methyl sites for hydroxylation is 1. The fourth-order valence-electron chi connectivity index (χ4n) is 2.52. The van der Waals surface area contributed by atoms with Crippen molar-refractivity contribution in [3.05, 3.63) is 23.8 Å². The van der Waals surface area contributed by atoms with Gasteiger partial charge in [0.15, 0.2) is 0 Å². The molecule has 1 aliphatic rings. The number of aromatic hydroxyl groups is 1. The molecule has 0 bridgehead atoms. The van der Waals surface area contributed by atoms with E-state index in [0.717, 1.165) is 51.3 Å². The smallest absolute Gasteiger partial charge is 0.115 e. The van der Waals surface area contributed by atoms with Gasteiger partial charge >= 0.3 is 0 Å². The van der Waals surface area contributed by atoms with Crippen molar-refractivity contribution >= 4 is 5.69 Å². The first-order valence-electron chi connectivity index (χ1n) is 6.67. The number of hydrogen-bond acceptors (Lipinski definition) is 4. The number of phenols is 1. The Morgan fingerprint density at radius 1 is 1.22 bits per heavy atom. The summed E-state index contributed by atoms with van der Waals surface area (Å²) in [7, 11) is 0. The number of phenolic OH excluding ortho intramolecular Hbond substituents is 1. The molecule has 1 heterocycles. The second-order valence-electron chi connectivity index (χ2n) is 4.94. The molecule has 0 saturated carbocycles. The van der Waals surface area contributed by atoms with Crippen LogP contribution in [0.3, 0.4) is 0 Å². The average molecular weight is 249 g/mol. The van der Waals surface area contributed by atoms with Crippen LogP contribution in [-0.2, 0) is 0 Å². The highest BCUT2D eigenvalue weighted by atomic mass is 16.3. The third-order valence-electron chi connectivity index (χ3n) is 3.57. The molecule has 100 valence electrons. The van der Waals surface area contributed by atoms with E-state index in [-0.39, 0.29) is 0 Å². The Morgan fingerprint density at radius 2 is 1.94 bits per heavy atom. The van der Waals surface area contributed by atoms with Crippen LogP contribution in [0.15, 0.2) is 18.2 Å². The van der Waals surface area contributed by atoms with Crippen LogP contribution < -0.4 is 10.6 Å². The van der Waals surface area contributed by atoms with Gasteiger partial charge in [0.05, 0.1) is 0 Å². The van der Waals surface area contributed by atoms with Crippen LogP contribution in [0.5, 0.6) is 5.75 Å². The molecule has 0 atom stereocenters. The molecule has 2 rings (SSSR count). The lowest BCUT2D eigenvalue weighted by Crippen LogP contribution is -2.47. The van der Waals surface area contributed by atoms with Crippen LogP contribution in [0, 0.1) is 6.92 Å². The number of nitrogens with zero attached hydrogens (tertiary/aromatic N) is 2. The molecule has 4 nitrogen and oxygen atoms in total. The fraction of sp³-hybridized carbons (Fsp3) is 0.571. The third kappa shape index (κ3) is 3.15. The van der Waals surface area contributed by atoms with E-state index < -0.39 is 0 Å². The van der Waals surface area contributed by atoms with Gasteiger partial charge in [-0.25, -0.2) is 0 Å². The lowest BCUT2D eigenvalue weighted by atomic mass is 10.1. The molecule has 1 saturated heterocycles. The van der Waals surface area contributed by atoms with E-state index >= 15 is 0 Å². The van der Waals surface area contributed by atoms with Gasteiger partial charge in [0.1, 0.15) is 5.75 Å². The highest BCUT2D eigenvalue weighted by Gasteiger charge is 2.17. The van der Waals surface area contributed by atoms with Gasteiger partial charge in [-0.15, -0.1) is 0 Å². The van der Waals surface area contributed by atoms with E-state index in [2.05, 4.69) is 16.7 Å².